The lowest BCUT2D eigenvalue weighted by Crippen LogP contribution is -2.54. The Morgan fingerprint density at radius 1 is 1.00 bits per heavy atom. The van der Waals surface area contributed by atoms with Gasteiger partial charge in [-0.3, -0.25) is 14.4 Å². The predicted octanol–water partition coefficient (Wildman–Crippen LogP) is 5.66. The smallest absolute Gasteiger partial charge is 0.256 e. The molecule has 3 aromatic carbocycles. The lowest BCUT2D eigenvalue weighted by atomic mass is 9.90. The molecule has 0 saturated carbocycles. The highest BCUT2D eigenvalue weighted by Gasteiger charge is 2.36. The number of amides is 3. The third-order valence-electron chi connectivity index (χ3n) is 10.2. The van der Waals surface area contributed by atoms with Crippen molar-refractivity contribution in [2.24, 2.45) is 18.9 Å². The number of hydrogen-bond acceptors (Lipinski definition) is 4. The van der Waals surface area contributed by atoms with Gasteiger partial charge in [0.15, 0.2) is 0 Å². The number of nitrogens with zero attached hydrogens (tertiary/aromatic N) is 4. The molecule has 3 amide bonds. The van der Waals surface area contributed by atoms with Crippen molar-refractivity contribution >= 4 is 56.8 Å². The van der Waals surface area contributed by atoms with Gasteiger partial charge in [0.1, 0.15) is 6.04 Å². The molecule has 254 valence electrons. The summed E-state index contributed by atoms with van der Waals surface area (Å²) in [6, 6.07) is 20.9. The van der Waals surface area contributed by atoms with Gasteiger partial charge < -0.3 is 29.6 Å². The number of nitrogens with one attached hydrogen (secondary N) is 2. The number of hydrogen-bond donors (Lipinski definition) is 2. The minimum Gasteiger partial charge on any atom is -0.361 e. The van der Waals surface area contributed by atoms with Crippen LogP contribution in [0.5, 0.6) is 0 Å². The Kier molecular flexibility index (Phi) is 9.22. The Labute approximate surface area is 291 Å². The van der Waals surface area contributed by atoms with Crippen molar-refractivity contribution in [3.05, 3.63) is 101 Å². The van der Waals surface area contributed by atoms with Crippen LogP contribution in [-0.4, -0.2) is 83.4 Å². The van der Waals surface area contributed by atoms with Crippen LogP contribution in [0.15, 0.2) is 79.1 Å². The quantitative estimate of drug-likeness (QED) is 0.222. The van der Waals surface area contributed by atoms with Gasteiger partial charge in [-0.15, -0.1) is 0 Å². The summed E-state index contributed by atoms with van der Waals surface area (Å²) in [5.41, 5.74) is 5.55. The van der Waals surface area contributed by atoms with Crippen LogP contribution in [0.25, 0.3) is 21.8 Å². The van der Waals surface area contributed by atoms with Gasteiger partial charge in [0.05, 0.1) is 5.56 Å². The van der Waals surface area contributed by atoms with Crippen molar-refractivity contribution in [1.29, 1.82) is 0 Å². The highest BCUT2D eigenvalue weighted by atomic mass is 35.5. The largest absolute Gasteiger partial charge is 0.361 e. The summed E-state index contributed by atoms with van der Waals surface area (Å²) in [6.45, 7) is 2.34. The highest BCUT2D eigenvalue weighted by molar-refractivity contribution is 6.30. The van der Waals surface area contributed by atoms with E-state index in [4.69, 9.17) is 11.6 Å². The van der Waals surface area contributed by atoms with Crippen molar-refractivity contribution in [1.82, 2.24) is 24.7 Å². The molecule has 2 aromatic heterocycles. The minimum absolute atomic E-state index is 0.0146. The van der Waals surface area contributed by atoms with E-state index in [0.717, 1.165) is 51.6 Å². The van der Waals surface area contributed by atoms with Gasteiger partial charge in [-0.05, 0) is 80.7 Å². The van der Waals surface area contributed by atoms with E-state index in [1.807, 2.05) is 115 Å². The molecular formula is C39H43ClN6O3. The van der Waals surface area contributed by atoms with Gasteiger partial charge in [-0.2, -0.15) is 0 Å². The number of halogens is 1. The second-order valence-electron chi connectivity index (χ2n) is 13.9. The van der Waals surface area contributed by atoms with Gasteiger partial charge in [-0.1, -0.05) is 48.0 Å². The van der Waals surface area contributed by atoms with Crippen molar-refractivity contribution in [3.63, 3.8) is 0 Å². The zero-order chi connectivity index (χ0) is 34.2. The number of aryl methyl sites for hydroxylation is 1. The van der Waals surface area contributed by atoms with Gasteiger partial charge in [0.25, 0.3) is 5.91 Å². The maximum absolute atomic E-state index is 14.7. The lowest BCUT2D eigenvalue weighted by Gasteiger charge is -2.38. The fourth-order valence-electron chi connectivity index (χ4n) is 7.79. The molecule has 1 fully saturated rings. The summed E-state index contributed by atoms with van der Waals surface area (Å²) in [5.74, 6) is -0.371. The van der Waals surface area contributed by atoms with Gasteiger partial charge in [0.2, 0.25) is 11.8 Å². The molecule has 49 heavy (non-hydrogen) atoms. The summed E-state index contributed by atoms with van der Waals surface area (Å²) < 4.78 is 1.98. The number of aromatic nitrogens is 2. The minimum atomic E-state index is -0.774. The zero-order valence-corrected chi connectivity index (χ0v) is 29.0. The molecule has 0 bridgehead atoms. The molecule has 2 N–H and O–H groups in total. The van der Waals surface area contributed by atoms with E-state index in [2.05, 4.69) is 15.2 Å². The molecule has 10 heteroatoms. The Morgan fingerprint density at radius 2 is 1.73 bits per heavy atom. The van der Waals surface area contributed by atoms with Crippen LogP contribution in [0, 0.1) is 11.8 Å². The molecule has 4 heterocycles. The molecule has 2 atom stereocenters. The van der Waals surface area contributed by atoms with Gasteiger partial charge in [-0.25, -0.2) is 0 Å². The average Bonchev–Trinajstić information content (AvgIpc) is 3.67. The maximum Gasteiger partial charge on any atom is 0.256 e. The van der Waals surface area contributed by atoms with E-state index in [1.54, 1.807) is 0 Å². The second-order valence-corrected chi connectivity index (χ2v) is 14.4. The predicted molar refractivity (Wildman–Crippen MR) is 195 cm³/mol. The molecule has 0 unspecified atom stereocenters. The Bertz CT molecular complexity index is 2020. The number of likely N-dealkylation sites (tertiary alicyclic amines) is 1. The first-order chi connectivity index (χ1) is 23.7. The van der Waals surface area contributed by atoms with E-state index >= 15 is 0 Å². The number of rotatable bonds is 8. The van der Waals surface area contributed by atoms with Crippen LogP contribution >= 0.6 is 11.6 Å². The SMILES string of the molecule is CN(C)C[C@H]1Cc2cc(Cl)ccc2N(C(=O)[C@@H](Cc2c[nH]c3ccccc23)NC(=O)C2CCN(C(=O)c3cn(C)c4ccccc34)CC2)C1. The van der Waals surface area contributed by atoms with Crippen molar-refractivity contribution in [3.8, 4) is 0 Å². The van der Waals surface area contributed by atoms with Crippen LogP contribution < -0.4 is 10.2 Å². The third kappa shape index (κ3) is 6.70. The highest BCUT2D eigenvalue weighted by Crippen LogP contribution is 2.34. The molecule has 1 saturated heterocycles. The number of anilines is 1. The maximum atomic E-state index is 14.7. The number of aromatic amines is 1. The molecule has 2 aliphatic rings. The van der Waals surface area contributed by atoms with Crippen molar-refractivity contribution < 1.29 is 14.4 Å². The number of para-hydroxylation sites is 2. The first kappa shape index (κ1) is 32.9. The summed E-state index contributed by atoms with van der Waals surface area (Å²) in [4.78, 5) is 51.4. The summed E-state index contributed by atoms with van der Waals surface area (Å²) in [5, 5.41) is 5.81. The van der Waals surface area contributed by atoms with Crippen LogP contribution in [0.3, 0.4) is 0 Å². The Balaban J connectivity index is 1.11. The summed E-state index contributed by atoms with van der Waals surface area (Å²) >= 11 is 6.42. The molecule has 0 spiro atoms. The molecule has 0 radical (unpaired) electrons. The van der Waals surface area contributed by atoms with Gasteiger partial charge >= 0.3 is 0 Å². The first-order valence-corrected chi connectivity index (χ1v) is 17.5. The third-order valence-corrected chi connectivity index (χ3v) is 10.4. The molecule has 9 nitrogen and oxygen atoms in total. The van der Waals surface area contributed by atoms with Crippen LogP contribution in [0.1, 0.15) is 34.3 Å². The lowest BCUT2D eigenvalue weighted by molar-refractivity contribution is -0.131. The van der Waals surface area contributed by atoms with E-state index in [1.165, 1.54) is 0 Å². The molecule has 5 aromatic rings. The number of fused-ring (bicyclic) bond motifs is 3. The number of H-pyrrole nitrogens is 1. The van der Waals surface area contributed by atoms with Crippen molar-refractivity contribution in [2.75, 3.05) is 45.2 Å². The summed E-state index contributed by atoms with van der Waals surface area (Å²) in [6.07, 6.45) is 6.08. The summed E-state index contributed by atoms with van der Waals surface area (Å²) in [7, 11) is 6.03. The van der Waals surface area contributed by atoms with Crippen LogP contribution in [0.2, 0.25) is 5.02 Å². The van der Waals surface area contributed by atoms with Crippen molar-refractivity contribution in [2.45, 2.75) is 31.7 Å². The van der Waals surface area contributed by atoms with E-state index in [-0.39, 0.29) is 29.6 Å². The Morgan fingerprint density at radius 3 is 2.51 bits per heavy atom. The zero-order valence-electron chi connectivity index (χ0n) is 28.3. The fourth-order valence-corrected chi connectivity index (χ4v) is 7.98. The standard InChI is InChI=1S/C39H43ClN6O3/c1-43(2)22-25-18-27-19-29(40)12-13-35(27)46(23-25)39(49)34(20-28-21-41-33-10-6-4-8-30(28)33)42-37(47)26-14-16-45(17-15-26)38(48)32-24-44(3)36-11-7-5-9-31(32)36/h4-13,19,21,24-26,34,41H,14-18,20,22-23H2,1-3H3,(H,42,47)/t25-,34-/m1/s1. The fraction of sp³-hybridized carbons (Fsp3) is 0.359. The first-order valence-electron chi connectivity index (χ1n) is 17.1. The molecular weight excluding hydrogens is 636 g/mol. The second kappa shape index (κ2) is 13.7. The van der Waals surface area contributed by atoms with E-state index in [9.17, 15) is 14.4 Å². The molecule has 0 aliphatic carbocycles. The number of piperidine rings is 1. The topological polar surface area (TPSA) is 93.7 Å². The Hall–Kier alpha value is -4.60. The molecule has 2 aliphatic heterocycles. The number of carbonyl (C=O) groups excluding carboxylic acids is 3. The van der Waals surface area contributed by atoms with Crippen LogP contribution in [0.4, 0.5) is 5.69 Å². The van der Waals surface area contributed by atoms with E-state index < -0.39 is 6.04 Å². The molecule has 7 rings (SSSR count). The normalized spacial score (nSPS) is 17.4. The number of benzene rings is 3. The van der Waals surface area contributed by atoms with E-state index in [0.29, 0.717) is 49.5 Å². The monoisotopic (exact) mass is 678 g/mol. The van der Waals surface area contributed by atoms with Gasteiger partial charge in [0, 0.05) is 90.5 Å². The average molecular weight is 679 g/mol. The number of carbonyl (C=O) groups is 3. The van der Waals surface area contributed by atoms with Crippen LogP contribution in [-0.2, 0) is 29.5 Å².